The van der Waals surface area contributed by atoms with Gasteiger partial charge in [0.25, 0.3) is 0 Å². The van der Waals surface area contributed by atoms with E-state index in [1.165, 1.54) is 0 Å². The van der Waals surface area contributed by atoms with Gasteiger partial charge in [-0.3, -0.25) is 0 Å². The van der Waals surface area contributed by atoms with Crippen molar-refractivity contribution in [2.45, 2.75) is 13.3 Å². The van der Waals surface area contributed by atoms with Crippen molar-refractivity contribution in [3.05, 3.63) is 36.9 Å². The van der Waals surface area contributed by atoms with Gasteiger partial charge in [-0.25, -0.2) is 0 Å². The first-order chi connectivity index (χ1) is 6.72. The maximum atomic E-state index is 9.05. The van der Waals surface area contributed by atoms with Gasteiger partial charge in [0, 0.05) is 0 Å². The van der Waals surface area contributed by atoms with Crippen molar-refractivity contribution in [3.63, 3.8) is 0 Å². The van der Waals surface area contributed by atoms with E-state index < -0.39 is 0 Å². The van der Waals surface area contributed by atoms with E-state index in [9.17, 15) is 0 Å². The van der Waals surface area contributed by atoms with Crippen LogP contribution in [0.1, 0.15) is 13.3 Å². The molecular formula is C12H16O2. The summed E-state index contributed by atoms with van der Waals surface area (Å²) < 4.78 is 5.52. The molecule has 1 unspecified atom stereocenters. The van der Waals surface area contributed by atoms with Crippen LogP contribution < -0.4 is 4.74 Å². The number of allylic oxidation sites excluding steroid dienone is 1. The lowest BCUT2D eigenvalue weighted by Crippen LogP contribution is -2.07. The van der Waals surface area contributed by atoms with E-state index in [0.29, 0.717) is 12.5 Å². The maximum absolute atomic E-state index is 9.05. The zero-order valence-corrected chi connectivity index (χ0v) is 8.44. The average Bonchev–Trinajstić information content (AvgIpc) is 2.17. The van der Waals surface area contributed by atoms with Crippen LogP contribution in [0.3, 0.4) is 0 Å². The molecule has 0 saturated heterocycles. The highest BCUT2D eigenvalue weighted by molar-refractivity contribution is 5.29. The predicted molar refractivity (Wildman–Crippen MR) is 57.6 cm³/mol. The summed E-state index contributed by atoms with van der Waals surface area (Å²) in [5, 5.41) is 9.05. The smallest absolute Gasteiger partial charge is 0.119 e. The van der Waals surface area contributed by atoms with Crippen molar-refractivity contribution in [3.8, 4) is 11.5 Å². The van der Waals surface area contributed by atoms with Crippen molar-refractivity contribution in [1.82, 2.24) is 0 Å². The van der Waals surface area contributed by atoms with Crippen molar-refractivity contribution in [2.75, 3.05) is 6.61 Å². The number of phenols is 1. The highest BCUT2D eigenvalue weighted by Crippen LogP contribution is 2.17. The van der Waals surface area contributed by atoms with Crippen LogP contribution >= 0.6 is 0 Å². The van der Waals surface area contributed by atoms with Crippen LogP contribution in [0.2, 0.25) is 0 Å². The van der Waals surface area contributed by atoms with Gasteiger partial charge >= 0.3 is 0 Å². The molecule has 0 aliphatic carbocycles. The summed E-state index contributed by atoms with van der Waals surface area (Å²) >= 11 is 0. The number of rotatable bonds is 5. The fraction of sp³-hybridized carbons (Fsp3) is 0.333. The Kier molecular flexibility index (Phi) is 4.05. The summed E-state index contributed by atoms with van der Waals surface area (Å²) in [6.07, 6.45) is 2.85. The topological polar surface area (TPSA) is 29.5 Å². The van der Waals surface area contributed by atoms with Crippen LogP contribution in [0.5, 0.6) is 11.5 Å². The van der Waals surface area contributed by atoms with Crippen LogP contribution in [0.15, 0.2) is 36.9 Å². The SMILES string of the molecule is C=CCC(C)COc1ccc(O)cc1. The fourth-order valence-corrected chi connectivity index (χ4v) is 1.13. The Labute approximate surface area is 84.8 Å². The molecule has 0 aromatic heterocycles. The molecule has 0 radical (unpaired) electrons. The first kappa shape index (κ1) is 10.6. The van der Waals surface area contributed by atoms with Gasteiger partial charge in [0.2, 0.25) is 0 Å². The van der Waals surface area contributed by atoms with Gasteiger partial charge in [-0.15, -0.1) is 6.58 Å². The molecule has 1 atom stereocenters. The van der Waals surface area contributed by atoms with Crippen molar-refractivity contribution >= 4 is 0 Å². The summed E-state index contributed by atoms with van der Waals surface area (Å²) in [5.41, 5.74) is 0. The Morgan fingerprint density at radius 3 is 2.64 bits per heavy atom. The second-order valence-electron chi connectivity index (χ2n) is 3.43. The van der Waals surface area contributed by atoms with E-state index in [2.05, 4.69) is 13.5 Å². The van der Waals surface area contributed by atoms with E-state index >= 15 is 0 Å². The zero-order chi connectivity index (χ0) is 10.4. The normalized spacial score (nSPS) is 12.1. The molecule has 2 heteroatoms. The molecule has 14 heavy (non-hydrogen) atoms. The van der Waals surface area contributed by atoms with Crippen LogP contribution in [0.4, 0.5) is 0 Å². The number of benzene rings is 1. The standard InChI is InChI=1S/C12H16O2/c1-3-4-10(2)9-14-12-7-5-11(13)6-8-12/h3,5-8,10,13H,1,4,9H2,2H3. The molecule has 1 N–H and O–H groups in total. The largest absolute Gasteiger partial charge is 0.508 e. The van der Waals surface area contributed by atoms with E-state index in [0.717, 1.165) is 12.2 Å². The molecule has 0 amide bonds. The molecule has 0 saturated carbocycles. The Balaban J connectivity index is 2.37. The zero-order valence-electron chi connectivity index (χ0n) is 8.44. The molecule has 0 heterocycles. The van der Waals surface area contributed by atoms with Crippen LogP contribution in [0, 0.1) is 5.92 Å². The first-order valence-electron chi connectivity index (χ1n) is 4.75. The number of hydrogen-bond donors (Lipinski definition) is 1. The van der Waals surface area contributed by atoms with Crippen LogP contribution in [-0.2, 0) is 0 Å². The lowest BCUT2D eigenvalue weighted by molar-refractivity contribution is 0.261. The minimum atomic E-state index is 0.261. The lowest BCUT2D eigenvalue weighted by Gasteiger charge is -2.10. The number of ether oxygens (including phenoxy) is 1. The molecule has 0 aliphatic rings. The van der Waals surface area contributed by atoms with Crippen LogP contribution in [0.25, 0.3) is 0 Å². The number of aromatic hydroxyl groups is 1. The molecule has 1 aromatic rings. The summed E-state index contributed by atoms with van der Waals surface area (Å²) in [4.78, 5) is 0. The Morgan fingerprint density at radius 1 is 1.43 bits per heavy atom. The molecular weight excluding hydrogens is 176 g/mol. The van der Waals surface area contributed by atoms with E-state index in [1.807, 2.05) is 6.08 Å². The second kappa shape index (κ2) is 5.32. The van der Waals surface area contributed by atoms with Crippen LogP contribution in [-0.4, -0.2) is 11.7 Å². The van der Waals surface area contributed by atoms with Gasteiger partial charge < -0.3 is 9.84 Å². The Morgan fingerprint density at radius 2 is 2.07 bits per heavy atom. The minimum absolute atomic E-state index is 0.261. The third-order valence-electron chi connectivity index (χ3n) is 1.94. The summed E-state index contributed by atoms with van der Waals surface area (Å²) in [5.74, 6) is 1.52. The van der Waals surface area contributed by atoms with Crippen molar-refractivity contribution in [2.24, 2.45) is 5.92 Å². The summed E-state index contributed by atoms with van der Waals surface area (Å²) in [6.45, 7) is 6.47. The monoisotopic (exact) mass is 192 g/mol. The van der Waals surface area contributed by atoms with Gasteiger partial charge in [0.05, 0.1) is 6.61 Å². The predicted octanol–water partition coefficient (Wildman–Crippen LogP) is 2.98. The molecule has 2 nitrogen and oxygen atoms in total. The lowest BCUT2D eigenvalue weighted by atomic mass is 10.1. The maximum Gasteiger partial charge on any atom is 0.119 e. The minimum Gasteiger partial charge on any atom is -0.508 e. The van der Waals surface area contributed by atoms with Crippen molar-refractivity contribution < 1.29 is 9.84 Å². The van der Waals surface area contributed by atoms with Gasteiger partial charge in [0.1, 0.15) is 11.5 Å². The van der Waals surface area contributed by atoms with E-state index in [-0.39, 0.29) is 5.75 Å². The molecule has 76 valence electrons. The number of phenolic OH excluding ortho intramolecular Hbond substituents is 1. The molecule has 1 aromatic carbocycles. The molecule has 0 bridgehead atoms. The van der Waals surface area contributed by atoms with E-state index in [1.54, 1.807) is 24.3 Å². The van der Waals surface area contributed by atoms with Gasteiger partial charge in [0.15, 0.2) is 0 Å². The van der Waals surface area contributed by atoms with E-state index in [4.69, 9.17) is 9.84 Å². The molecule has 0 fully saturated rings. The second-order valence-corrected chi connectivity index (χ2v) is 3.43. The average molecular weight is 192 g/mol. The highest BCUT2D eigenvalue weighted by atomic mass is 16.5. The Hall–Kier alpha value is -1.44. The van der Waals surface area contributed by atoms with Gasteiger partial charge in [-0.05, 0) is 36.6 Å². The third-order valence-corrected chi connectivity index (χ3v) is 1.94. The summed E-state index contributed by atoms with van der Waals surface area (Å²) in [6, 6.07) is 6.76. The van der Waals surface area contributed by atoms with Gasteiger partial charge in [-0.1, -0.05) is 13.0 Å². The summed E-state index contributed by atoms with van der Waals surface area (Å²) in [7, 11) is 0. The molecule has 1 rings (SSSR count). The number of hydrogen-bond acceptors (Lipinski definition) is 2. The quantitative estimate of drug-likeness (QED) is 0.727. The fourth-order valence-electron chi connectivity index (χ4n) is 1.13. The van der Waals surface area contributed by atoms with Gasteiger partial charge in [-0.2, -0.15) is 0 Å². The Bertz CT molecular complexity index is 277. The van der Waals surface area contributed by atoms with Crippen molar-refractivity contribution in [1.29, 1.82) is 0 Å². The molecule has 0 spiro atoms. The first-order valence-corrected chi connectivity index (χ1v) is 4.75. The molecule has 0 aliphatic heterocycles. The third kappa shape index (κ3) is 3.52. The highest BCUT2D eigenvalue weighted by Gasteiger charge is 2.00.